The zero-order valence-corrected chi connectivity index (χ0v) is 11.2. The first kappa shape index (κ1) is 12.5. The lowest BCUT2D eigenvalue weighted by molar-refractivity contribution is -0.0303. The van der Waals surface area contributed by atoms with E-state index in [1.54, 1.807) is 12.5 Å². The molecule has 0 aliphatic carbocycles. The van der Waals surface area contributed by atoms with Crippen LogP contribution >= 0.6 is 0 Å². The van der Waals surface area contributed by atoms with Crippen molar-refractivity contribution in [2.24, 2.45) is 0 Å². The normalized spacial score (nSPS) is 19.0. The fourth-order valence-electron chi connectivity index (χ4n) is 2.55. The fourth-order valence-corrected chi connectivity index (χ4v) is 2.55. The van der Waals surface area contributed by atoms with E-state index in [1.165, 1.54) is 0 Å². The fraction of sp³-hybridized carbons (Fsp3) is 0.429. The van der Waals surface area contributed by atoms with E-state index in [4.69, 9.17) is 8.83 Å². The van der Waals surface area contributed by atoms with Crippen molar-refractivity contribution in [1.82, 2.24) is 14.7 Å². The maximum absolute atomic E-state index is 5.42. The maximum atomic E-state index is 5.42. The molecule has 2 aromatic rings. The minimum atomic E-state index is 0.839. The Labute approximate surface area is 113 Å². The lowest BCUT2D eigenvalue weighted by Gasteiger charge is -2.40. The summed E-state index contributed by atoms with van der Waals surface area (Å²) in [5.41, 5.74) is 0. The van der Waals surface area contributed by atoms with Crippen LogP contribution in [0.15, 0.2) is 45.6 Å². The van der Waals surface area contributed by atoms with Crippen molar-refractivity contribution in [3.05, 3.63) is 48.3 Å². The van der Waals surface area contributed by atoms with Gasteiger partial charge < -0.3 is 8.83 Å². The quantitative estimate of drug-likeness (QED) is 0.841. The molecule has 0 spiro atoms. The van der Waals surface area contributed by atoms with Crippen molar-refractivity contribution in [2.75, 3.05) is 27.1 Å². The van der Waals surface area contributed by atoms with Crippen LogP contribution in [0.3, 0.4) is 0 Å². The van der Waals surface area contributed by atoms with Crippen LogP contribution in [0.4, 0.5) is 0 Å². The van der Waals surface area contributed by atoms with Gasteiger partial charge in [0, 0.05) is 0 Å². The zero-order chi connectivity index (χ0) is 13.1. The lowest BCUT2D eigenvalue weighted by atomic mass is 10.3. The van der Waals surface area contributed by atoms with Gasteiger partial charge in [0.05, 0.1) is 45.6 Å². The highest BCUT2D eigenvalue weighted by molar-refractivity contribution is 4.99. The van der Waals surface area contributed by atoms with Crippen LogP contribution in [-0.4, -0.2) is 41.8 Å². The van der Waals surface area contributed by atoms with Gasteiger partial charge in [-0.15, -0.1) is 0 Å². The Bertz CT molecular complexity index is 437. The molecule has 5 heteroatoms. The Morgan fingerprint density at radius 1 is 0.895 bits per heavy atom. The summed E-state index contributed by atoms with van der Waals surface area (Å²) in [6.45, 7) is 4.51. The summed E-state index contributed by atoms with van der Waals surface area (Å²) in [4.78, 5) is 6.99. The lowest BCUT2D eigenvalue weighted by Crippen LogP contribution is -2.52. The average molecular weight is 261 g/mol. The van der Waals surface area contributed by atoms with E-state index >= 15 is 0 Å². The average Bonchev–Trinajstić information content (AvgIpc) is 3.01. The largest absolute Gasteiger partial charge is 0.468 e. The Morgan fingerprint density at radius 2 is 1.42 bits per heavy atom. The molecule has 19 heavy (non-hydrogen) atoms. The molecule has 0 radical (unpaired) electrons. The van der Waals surface area contributed by atoms with Crippen LogP contribution in [0.1, 0.15) is 11.5 Å². The first-order valence-electron chi connectivity index (χ1n) is 6.47. The number of nitrogens with zero attached hydrogens (tertiary/aromatic N) is 3. The van der Waals surface area contributed by atoms with Gasteiger partial charge in [-0.05, 0) is 31.3 Å². The molecule has 1 aliphatic heterocycles. The van der Waals surface area contributed by atoms with Crippen molar-refractivity contribution >= 4 is 0 Å². The van der Waals surface area contributed by atoms with E-state index in [-0.39, 0.29) is 0 Å². The number of furan rings is 2. The van der Waals surface area contributed by atoms with E-state index in [0.717, 1.165) is 44.6 Å². The third-order valence-electron chi connectivity index (χ3n) is 3.20. The summed E-state index contributed by atoms with van der Waals surface area (Å²) < 4.78 is 10.8. The minimum Gasteiger partial charge on any atom is -0.468 e. The molecule has 3 rings (SSSR count). The maximum Gasteiger partial charge on any atom is 0.117 e. The molecule has 1 fully saturated rings. The van der Waals surface area contributed by atoms with Gasteiger partial charge in [0.1, 0.15) is 11.5 Å². The molecule has 0 amide bonds. The standard InChI is InChI=1S/C14H19N3O2/c1-15-10-16(8-13-4-2-6-18-13)12-17(11-15)9-14-5-3-7-19-14/h2-7H,8-12H2,1H3. The Morgan fingerprint density at radius 3 is 1.84 bits per heavy atom. The summed E-state index contributed by atoms with van der Waals surface area (Å²) in [6, 6.07) is 7.91. The van der Waals surface area contributed by atoms with Gasteiger partial charge in [-0.25, -0.2) is 0 Å². The molecule has 0 N–H and O–H groups in total. The van der Waals surface area contributed by atoms with E-state index < -0.39 is 0 Å². The minimum absolute atomic E-state index is 0.839. The van der Waals surface area contributed by atoms with Crippen molar-refractivity contribution in [1.29, 1.82) is 0 Å². The van der Waals surface area contributed by atoms with Gasteiger partial charge >= 0.3 is 0 Å². The molecule has 1 saturated heterocycles. The molecule has 2 aromatic heterocycles. The molecule has 102 valence electrons. The Kier molecular flexibility index (Phi) is 3.68. The van der Waals surface area contributed by atoms with Crippen molar-refractivity contribution in [2.45, 2.75) is 13.1 Å². The molecule has 0 unspecified atom stereocenters. The second-order valence-corrected chi connectivity index (χ2v) is 5.10. The van der Waals surface area contributed by atoms with E-state index in [9.17, 15) is 0 Å². The Hall–Kier alpha value is -1.56. The smallest absolute Gasteiger partial charge is 0.117 e. The highest BCUT2D eigenvalue weighted by Gasteiger charge is 2.22. The van der Waals surface area contributed by atoms with E-state index in [2.05, 4.69) is 21.7 Å². The van der Waals surface area contributed by atoms with Crippen molar-refractivity contribution < 1.29 is 8.83 Å². The van der Waals surface area contributed by atoms with Gasteiger partial charge in [0.2, 0.25) is 0 Å². The van der Waals surface area contributed by atoms with Crippen LogP contribution in [0, 0.1) is 0 Å². The second-order valence-electron chi connectivity index (χ2n) is 5.10. The third kappa shape index (κ3) is 3.26. The van der Waals surface area contributed by atoms with E-state index in [1.807, 2.05) is 24.3 Å². The molecule has 0 bridgehead atoms. The van der Waals surface area contributed by atoms with Crippen LogP contribution < -0.4 is 0 Å². The molecule has 0 saturated carbocycles. The van der Waals surface area contributed by atoms with Gasteiger partial charge in [-0.2, -0.15) is 0 Å². The second kappa shape index (κ2) is 5.61. The van der Waals surface area contributed by atoms with Crippen molar-refractivity contribution in [3.63, 3.8) is 0 Å². The number of hydrogen-bond donors (Lipinski definition) is 0. The van der Waals surface area contributed by atoms with Gasteiger partial charge in [-0.3, -0.25) is 14.7 Å². The molecule has 5 nitrogen and oxygen atoms in total. The predicted octanol–water partition coefficient (Wildman–Crippen LogP) is 1.99. The molecule has 0 atom stereocenters. The zero-order valence-electron chi connectivity index (χ0n) is 11.2. The summed E-state index contributed by atoms with van der Waals surface area (Å²) >= 11 is 0. The molecular weight excluding hydrogens is 242 g/mol. The van der Waals surface area contributed by atoms with Gasteiger partial charge in [0.15, 0.2) is 0 Å². The Balaban J connectivity index is 1.60. The molecule has 1 aliphatic rings. The van der Waals surface area contributed by atoms with Crippen LogP contribution in [0.2, 0.25) is 0 Å². The number of hydrogen-bond acceptors (Lipinski definition) is 5. The first-order chi connectivity index (χ1) is 9.29. The monoisotopic (exact) mass is 261 g/mol. The van der Waals surface area contributed by atoms with Gasteiger partial charge in [0.25, 0.3) is 0 Å². The summed E-state index contributed by atoms with van der Waals surface area (Å²) in [7, 11) is 2.13. The summed E-state index contributed by atoms with van der Waals surface area (Å²) in [5.74, 6) is 2.02. The van der Waals surface area contributed by atoms with E-state index in [0.29, 0.717) is 0 Å². The molecular formula is C14H19N3O2. The first-order valence-corrected chi connectivity index (χ1v) is 6.47. The highest BCUT2D eigenvalue weighted by Crippen LogP contribution is 2.14. The SMILES string of the molecule is CN1CN(Cc2ccco2)CN(Cc2ccco2)C1. The highest BCUT2D eigenvalue weighted by atomic mass is 16.3. The topological polar surface area (TPSA) is 36.0 Å². The molecule has 3 heterocycles. The van der Waals surface area contributed by atoms with Crippen LogP contribution in [-0.2, 0) is 13.1 Å². The number of rotatable bonds is 4. The van der Waals surface area contributed by atoms with Crippen LogP contribution in [0.25, 0.3) is 0 Å². The predicted molar refractivity (Wildman–Crippen MR) is 70.9 cm³/mol. The third-order valence-corrected chi connectivity index (χ3v) is 3.20. The van der Waals surface area contributed by atoms with Gasteiger partial charge in [-0.1, -0.05) is 0 Å². The summed E-state index contributed by atoms with van der Waals surface area (Å²) in [6.07, 6.45) is 3.45. The van der Waals surface area contributed by atoms with Crippen molar-refractivity contribution in [3.8, 4) is 0 Å². The van der Waals surface area contributed by atoms with Crippen LogP contribution in [0.5, 0.6) is 0 Å². The molecule has 0 aromatic carbocycles. The summed E-state index contributed by atoms with van der Waals surface area (Å²) in [5, 5.41) is 0.